The Balaban J connectivity index is 1.28. The average Bonchev–Trinajstić information content (AvgIpc) is 3.34. The molecule has 3 heterocycles. The topological polar surface area (TPSA) is 65.2 Å². The molecule has 1 aromatic heterocycles. The predicted molar refractivity (Wildman–Crippen MR) is 138 cm³/mol. The molecule has 0 bridgehead atoms. The smallest absolute Gasteiger partial charge is 0.294 e. The molecule has 0 unspecified atom stereocenters. The van der Waals surface area contributed by atoms with Crippen LogP contribution in [0.15, 0.2) is 60.9 Å². The zero-order valence-corrected chi connectivity index (χ0v) is 21.2. The van der Waals surface area contributed by atoms with Crippen LogP contribution in [0, 0.1) is 17.2 Å². The fourth-order valence-electron chi connectivity index (χ4n) is 5.13. The van der Waals surface area contributed by atoms with Crippen molar-refractivity contribution in [1.82, 2.24) is 14.5 Å². The van der Waals surface area contributed by atoms with Crippen LogP contribution in [0.1, 0.15) is 35.2 Å². The second kappa shape index (κ2) is 10.6. The van der Waals surface area contributed by atoms with Crippen molar-refractivity contribution in [1.29, 1.82) is 5.26 Å². The summed E-state index contributed by atoms with van der Waals surface area (Å²) in [7, 11) is 0. The summed E-state index contributed by atoms with van der Waals surface area (Å²) < 4.78 is 41.4. The normalized spacial score (nSPS) is 16.6. The number of alkyl halides is 3. The van der Waals surface area contributed by atoms with E-state index in [1.165, 1.54) is 27.4 Å². The Morgan fingerprint density at radius 3 is 2.55 bits per heavy atom. The lowest BCUT2D eigenvalue weighted by Gasteiger charge is -2.34. The van der Waals surface area contributed by atoms with Crippen LogP contribution in [0.2, 0.25) is 5.02 Å². The van der Waals surface area contributed by atoms with Crippen LogP contribution in [0.5, 0.6) is 0 Å². The maximum absolute atomic E-state index is 13.4. The number of carbonyl (C=O) groups is 1. The lowest BCUT2D eigenvalue weighted by atomic mass is 9.90. The number of benzene rings is 2. The zero-order chi connectivity index (χ0) is 26.9. The van der Waals surface area contributed by atoms with Gasteiger partial charge in [0.15, 0.2) is 11.5 Å². The molecule has 6 nitrogen and oxygen atoms in total. The monoisotopic (exact) mass is 539 g/mol. The van der Waals surface area contributed by atoms with Gasteiger partial charge in [0.1, 0.15) is 12.4 Å². The van der Waals surface area contributed by atoms with E-state index in [0.717, 1.165) is 49.5 Å². The van der Waals surface area contributed by atoms with Crippen LogP contribution in [0.25, 0.3) is 5.70 Å². The molecule has 0 N–H and O–H groups in total. The van der Waals surface area contributed by atoms with E-state index in [1.54, 1.807) is 12.1 Å². The summed E-state index contributed by atoms with van der Waals surface area (Å²) in [6.07, 6.45) is 1.50. The molecule has 2 aromatic carbocycles. The van der Waals surface area contributed by atoms with Crippen LogP contribution in [0.4, 0.5) is 19.0 Å². The van der Waals surface area contributed by atoms with Crippen molar-refractivity contribution >= 4 is 29.0 Å². The number of hydrogen-bond acceptors (Lipinski definition) is 4. The average molecular weight is 540 g/mol. The minimum Gasteiger partial charge on any atom is -0.294 e. The van der Waals surface area contributed by atoms with Gasteiger partial charge in [0.05, 0.1) is 17.8 Å². The van der Waals surface area contributed by atoms with E-state index in [1.807, 2.05) is 30.3 Å². The molecule has 1 saturated heterocycles. The Hall–Kier alpha value is -3.61. The highest BCUT2D eigenvalue weighted by molar-refractivity contribution is 6.30. The summed E-state index contributed by atoms with van der Waals surface area (Å²) in [5.41, 5.74) is 1.32. The number of anilines is 1. The molecule has 10 heteroatoms. The summed E-state index contributed by atoms with van der Waals surface area (Å²) in [6, 6.07) is 14.9. The maximum Gasteiger partial charge on any atom is 0.416 e. The van der Waals surface area contributed by atoms with E-state index < -0.39 is 11.7 Å². The summed E-state index contributed by atoms with van der Waals surface area (Å²) in [4.78, 5) is 21.1. The molecule has 0 spiro atoms. The first-order valence-electron chi connectivity index (χ1n) is 12.4. The fraction of sp³-hybridized carbons (Fsp3) is 0.321. The van der Waals surface area contributed by atoms with E-state index in [2.05, 4.69) is 9.88 Å². The van der Waals surface area contributed by atoms with Crippen molar-refractivity contribution in [2.75, 3.05) is 31.1 Å². The van der Waals surface area contributed by atoms with Crippen molar-refractivity contribution in [2.24, 2.45) is 5.92 Å². The molecule has 0 radical (unpaired) electrons. The number of nitriles is 1. The summed E-state index contributed by atoms with van der Waals surface area (Å²) in [5.74, 6) is 0.630. The first-order chi connectivity index (χ1) is 18.2. The standard InChI is InChI=1S/C28H25ClF3N5O/c29-23-6-4-19(5-7-23)14-20-8-11-35(12-9-20)17-26(38)36-13-10-25(37-18-34-24(16-33)27(36)37)21-2-1-3-22(15-21)28(30,31)32/h1-7,10,15,18,20H,8-9,11-14,17H2. The molecule has 2 aliphatic rings. The van der Waals surface area contributed by atoms with Crippen molar-refractivity contribution in [2.45, 2.75) is 25.4 Å². The Morgan fingerprint density at radius 1 is 1.13 bits per heavy atom. The Kier molecular flexibility index (Phi) is 7.28. The van der Waals surface area contributed by atoms with Gasteiger partial charge in [0.2, 0.25) is 5.91 Å². The van der Waals surface area contributed by atoms with E-state index in [0.29, 0.717) is 17.2 Å². The van der Waals surface area contributed by atoms with Gasteiger partial charge in [-0.25, -0.2) is 4.98 Å². The predicted octanol–water partition coefficient (Wildman–Crippen LogP) is 5.62. The van der Waals surface area contributed by atoms with Gasteiger partial charge >= 0.3 is 6.18 Å². The van der Waals surface area contributed by atoms with Gasteiger partial charge in [-0.15, -0.1) is 0 Å². The quantitative estimate of drug-likeness (QED) is 0.422. The number of rotatable bonds is 5. The molecule has 196 valence electrons. The number of likely N-dealkylation sites (tertiary alicyclic amines) is 1. The third-order valence-electron chi connectivity index (χ3n) is 7.12. The molecular formula is C28H25ClF3N5O. The second-order valence-electron chi connectivity index (χ2n) is 9.62. The lowest BCUT2D eigenvalue weighted by Crippen LogP contribution is -2.45. The molecule has 3 aromatic rings. The molecule has 1 fully saturated rings. The fourth-order valence-corrected chi connectivity index (χ4v) is 5.25. The Morgan fingerprint density at radius 2 is 1.87 bits per heavy atom. The van der Waals surface area contributed by atoms with Crippen molar-refractivity contribution < 1.29 is 18.0 Å². The van der Waals surface area contributed by atoms with Crippen LogP contribution >= 0.6 is 11.6 Å². The van der Waals surface area contributed by atoms with E-state index >= 15 is 0 Å². The van der Waals surface area contributed by atoms with Crippen LogP contribution in [-0.4, -0.2) is 46.5 Å². The molecule has 1 amide bonds. The number of fused-ring (bicyclic) bond motifs is 1. The van der Waals surface area contributed by atoms with Gasteiger partial charge in [-0.2, -0.15) is 18.4 Å². The number of halogens is 4. The van der Waals surface area contributed by atoms with Gasteiger partial charge in [-0.3, -0.25) is 19.2 Å². The summed E-state index contributed by atoms with van der Waals surface area (Å²) in [6.45, 7) is 1.90. The number of nitrogens with zero attached hydrogens (tertiary/aromatic N) is 5. The highest BCUT2D eigenvalue weighted by Gasteiger charge is 2.33. The minimum absolute atomic E-state index is 0.0533. The molecule has 0 saturated carbocycles. The number of carbonyl (C=O) groups excluding carboxylic acids is 1. The number of amides is 1. The lowest BCUT2D eigenvalue weighted by molar-refractivity contribution is -0.137. The molecule has 2 aliphatic heterocycles. The van der Waals surface area contributed by atoms with E-state index in [9.17, 15) is 23.2 Å². The number of aromatic nitrogens is 2. The van der Waals surface area contributed by atoms with Gasteiger partial charge in [0, 0.05) is 11.6 Å². The molecule has 5 rings (SSSR count). The largest absolute Gasteiger partial charge is 0.416 e. The van der Waals surface area contributed by atoms with Gasteiger partial charge in [-0.05, 0) is 79.7 Å². The molecular weight excluding hydrogens is 515 g/mol. The van der Waals surface area contributed by atoms with Crippen molar-refractivity contribution in [3.05, 3.63) is 88.3 Å². The first kappa shape index (κ1) is 26.0. The number of piperidine rings is 1. The van der Waals surface area contributed by atoms with Gasteiger partial charge in [0.25, 0.3) is 0 Å². The highest BCUT2D eigenvalue weighted by atomic mass is 35.5. The number of hydrogen-bond donors (Lipinski definition) is 0. The Bertz CT molecular complexity index is 1400. The third-order valence-corrected chi connectivity index (χ3v) is 7.37. The van der Waals surface area contributed by atoms with Gasteiger partial charge in [-0.1, -0.05) is 35.9 Å². The van der Waals surface area contributed by atoms with E-state index in [4.69, 9.17) is 11.6 Å². The van der Waals surface area contributed by atoms with Crippen LogP contribution in [-0.2, 0) is 17.4 Å². The van der Waals surface area contributed by atoms with E-state index in [-0.39, 0.29) is 30.5 Å². The van der Waals surface area contributed by atoms with Crippen LogP contribution < -0.4 is 4.90 Å². The first-order valence-corrected chi connectivity index (χ1v) is 12.7. The number of imidazole rings is 1. The molecule has 0 aliphatic carbocycles. The Labute approximate surface area is 223 Å². The van der Waals surface area contributed by atoms with Crippen molar-refractivity contribution in [3.63, 3.8) is 0 Å². The minimum atomic E-state index is -4.48. The SMILES string of the molecule is N#Cc1ncn2c1N(C(=O)CN1CCC(Cc3ccc(Cl)cc3)CC1)CC=C2c1cccc(C(F)(F)F)c1. The maximum atomic E-state index is 13.4. The summed E-state index contributed by atoms with van der Waals surface area (Å²) >= 11 is 5.98. The third kappa shape index (κ3) is 5.47. The van der Waals surface area contributed by atoms with Gasteiger partial charge < -0.3 is 0 Å². The zero-order valence-electron chi connectivity index (χ0n) is 20.5. The van der Waals surface area contributed by atoms with Crippen LogP contribution in [0.3, 0.4) is 0 Å². The molecule has 38 heavy (non-hydrogen) atoms. The summed E-state index contributed by atoms with van der Waals surface area (Å²) in [5, 5.41) is 10.3. The van der Waals surface area contributed by atoms with Crippen molar-refractivity contribution in [3.8, 4) is 6.07 Å². The second-order valence-corrected chi connectivity index (χ2v) is 10.1. The molecule has 0 atom stereocenters. The highest BCUT2D eigenvalue weighted by Crippen LogP contribution is 2.35.